The summed E-state index contributed by atoms with van der Waals surface area (Å²) in [4.78, 5) is 0. The summed E-state index contributed by atoms with van der Waals surface area (Å²) in [6.45, 7) is 0. The van der Waals surface area contributed by atoms with E-state index < -0.39 is 0 Å². The molecule has 1 aromatic rings. The Morgan fingerprint density at radius 3 is 2.83 bits per heavy atom. The number of hydrogen-bond acceptors (Lipinski definition) is 1. The van der Waals surface area contributed by atoms with Gasteiger partial charge in [0, 0.05) is 11.4 Å². The second kappa shape index (κ2) is 1.63. The number of hydrogen-bond donors (Lipinski definition) is 0. The largest absolute Gasteiger partial charge is 0.122 e. The Labute approximate surface area is 45.4 Å². The molecule has 2 heteroatoms. The van der Waals surface area contributed by atoms with Gasteiger partial charge >= 0.3 is 0 Å². The van der Waals surface area contributed by atoms with E-state index >= 15 is 0 Å². The van der Waals surface area contributed by atoms with Gasteiger partial charge < -0.3 is 0 Å². The second-order valence-corrected chi connectivity index (χ2v) is 2.23. The molecular formula is C4HClS. The van der Waals surface area contributed by atoms with Crippen molar-refractivity contribution in [1.82, 2.24) is 0 Å². The highest BCUT2D eigenvalue weighted by molar-refractivity contribution is 7.13. The Balaban J connectivity index is 3.05. The van der Waals surface area contributed by atoms with Gasteiger partial charge in [-0.15, -0.1) is 11.3 Å². The van der Waals surface area contributed by atoms with Crippen molar-refractivity contribution in [2.75, 3.05) is 0 Å². The Morgan fingerprint density at radius 2 is 2.67 bits per heavy atom. The summed E-state index contributed by atoms with van der Waals surface area (Å²) in [7, 11) is 0. The van der Waals surface area contributed by atoms with E-state index in [9.17, 15) is 0 Å². The molecule has 0 spiro atoms. The zero-order valence-corrected chi connectivity index (χ0v) is 4.44. The molecular weight excluding hydrogens is 116 g/mol. The molecule has 1 rings (SSSR count). The third-order valence-electron chi connectivity index (χ3n) is 0.393. The fraction of sp³-hybridized carbons (Fsp3) is 0. The van der Waals surface area contributed by atoms with E-state index in [2.05, 4.69) is 11.4 Å². The maximum Gasteiger partial charge on any atom is 0.101 e. The second-order valence-electron chi connectivity index (χ2n) is 0.782. The fourth-order valence-corrected chi connectivity index (χ4v) is 0.724. The van der Waals surface area contributed by atoms with Crippen LogP contribution in [-0.2, 0) is 0 Å². The normalized spacial score (nSPS) is 8.83. The van der Waals surface area contributed by atoms with Gasteiger partial charge in [-0.3, -0.25) is 0 Å². The van der Waals surface area contributed by atoms with Gasteiger partial charge in [0.15, 0.2) is 0 Å². The lowest BCUT2D eigenvalue weighted by molar-refractivity contribution is 1.97. The van der Waals surface area contributed by atoms with Crippen LogP contribution >= 0.6 is 22.9 Å². The molecule has 6 heavy (non-hydrogen) atoms. The summed E-state index contributed by atoms with van der Waals surface area (Å²) in [6.07, 6.45) is 0. The minimum atomic E-state index is 0.676. The van der Waals surface area contributed by atoms with E-state index in [1.807, 2.05) is 0 Å². The van der Waals surface area contributed by atoms with Crippen LogP contribution < -0.4 is 0 Å². The first kappa shape index (κ1) is 4.16. The predicted molar refractivity (Wildman–Crippen MR) is 27.0 cm³/mol. The highest BCUT2D eigenvalue weighted by Gasteiger charge is 1.79. The summed E-state index contributed by atoms with van der Waals surface area (Å²) in [5.74, 6) is 0. The first-order valence-electron chi connectivity index (χ1n) is 1.42. The maximum absolute atomic E-state index is 5.39. The van der Waals surface area contributed by atoms with Crippen molar-refractivity contribution < 1.29 is 0 Å². The maximum atomic E-state index is 5.39. The van der Waals surface area contributed by atoms with Gasteiger partial charge in [0.1, 0.15) is 4.34 Å². The van der Waals surface area contributed by atoms with Crippen LogP contribution in [0.25, 0.3) is 0 Å². The molecule has 0 saturated heterocycles. The number of rotatable bonds is 0. The van der Waals surface area contributed by atoms with Gasteiger partial charge in [0.2, 0.25) is 0 Å². The molecule has 0 fully saturated rings. The molecule has 0 aliphatic carbocycles. The molecule has 0 nitrogen and oxygen atoms in total. The SMILES string of the molecule is Clc1[c]c[c]s1. The molecule has 0 atom stereocenters. The molecule has 0 aromatic carbocycles. The third-order valence-corrected chi connectivity index (χ3v) is 1.27. The lowest BCUT2D eigenvalue weighted by atomic mass is 10.7. The van der Waals surface area contributed by atoms with Crippen molar-refractivity contribution in [1.29, 1.82) is 0 Å². The van der Waals surface area contributed by atoms with Crippen LogP contribution in [0.3, 0.4) is 0 Å². The van der Waals surface area contributed by atoms with Gasteiger partial charge in [-0.1, -0.05) is 11.6 Å². The summed E-state index contributed by atoms with van der Waals surface area (Å²) in [5.41, 5.74) is 0. The molecule has 0 saturated carbocycles. The Morgan fingerprint density at radius 1 is 1.83 bits per heavy atom. The van der Waals surface area contributed by atoms with Crippen LogP contribution in [0.1, 0.15) is 0 Å². The Hall–Kier alpha value is -0.0100. The summed E-state index contributed by atoms with van der Waals surface area (Å²) < 4.78 is 0.676. The molecule has 0 bridgehead atoms. The summed E-state index contributed by atoms with van der Waals surface area (Å²) in [5, 5.41) is 2.78. The molecule has 0 unspecified atom stereocenters. The van der Waals surface area contributed by atoms with Crippen LogP contribution in [0.15, 0.2) is 6.07 Å². The lowest BCUT2D eigenvalue weighted by Crippen LogP contribution is -1.31. The van der Waals surface area contributed by atoms with E-state index in [4.69, 9.17) is 11.6 Å². The van der Waals surface area contributed by atoms with Crippen molar-refractivity contribution in [2.45, 2.75) is 0 Å². The average molecular weight is 117 g/mol. The minimum Gasteiger partial charge on any atom is -0.122 e. The smallest absolute Gasteiger partial charge is 0.101 e. The van der Waals surface area contributed by atoms with Crippen molar-refractivity contribution in [3.8, 4) is 0 Å². The molecule has 0 aliphatic rings. The molecule has 0 amide bonds. The van der Waals surface area contributed by atoms with Gasteiger partial charge in [-0.2, -0.15) is 0 Å². The predicted octanol–water partition coefficient (Wildman–Crippen LogP) is 2.00. The van der Waals surface area contributed by atoms with Gasteiger partial charge in [-0.25, -0.2) is 0 Å². The zero-order chi connectivity index (χ0) is 4.41. The van der Waals surface area contributed by atoms with Crippen molar-refractivity contribution in [2.24, 2.45) is 0 Å². The average Bonchev–Trinajstić information content (AvgIpc) is 1.86. The van der Waals surface area contributed by atoms with Gasteiger partial charge in [0.05, 0.1) is 0 Å². The van der Waals surface area contributed by atoms with Crippen LogP contribution in [0, 0.1) is 11.4 Å². The van der Waals surface area contributed by atoms with Crippen LogP contribution in [0.4, 0.5) is 0 Å². The summed E-state index contributed by atoms with van der Waals surface area (Å²) >= 11 is 6.75. The number of halogens is 1. The lowest BCUT2D eigenvalue weighted by Gasteiger charge is -1.60. The molecule has 30 valence electrons. The molecule has 2 radical (unpaired) electrons. The first-order chi connectivity index (χ1) is 2.89. The van der Waals surface area contributed by atoms with E-state index in [1.54, 1.807) is 6.07 Å². The molecule has 0 N–H and O–H groups in total. The quantitative estimate of drug-likeness (QED) is 0.487. The topological polar surface area (TPSA) is 0 Å². The monoisotopic (exact) mass is 116 g/mol. The molecule has 1 heterocycles. The molecule has 0 aliphatic heterocycles. The van der Waals surface area contributed by atoms with E-state index in [0.29, 0.717) is 4.34 Å². The zero-order valence-electron chi connectivity index (χ0n) is 2.86. The third kappa shape index (κ3) is 0.730. The van der Waals surface area contributed by atoms with Crippen LogP contribution in [-0.4, -0.2) is 0 Å². The Kier molecular flexibility index (Phi) is 1.13. The Bertz CT molecular complexity index is 111. The van der Waals surface area contributed by atoms with Crippen LogP contribution in [0.2, 0.25) is 4.34 Å². The minimum absolute atomic E-state index is 0.676. The van der Waals surface area contributed by atoms with Crippen molar-refractivity contribution in [3.63, 3.8) is 0 Å². The highest BCUT2D eigenvalue weighted by atomic mass is 35.5. The van der Waals surface area contributed by atoms with Crippen molar-refractivity contribution >= 4 is 22.9 Å². The fourth-order valence-electron chi connectivity index (χ4n) is 0.197. The van der Waals surface area contributed by atoms with E-state index in [1.165, 1.54) is 11.3 Å². The standard InChI is InChI=1S/C4HClS/c5-4-2-1-3-6-4/h1H. The van der Waals surface area contributed by atoms with E-state index in [-0.39, 0.29) is 0 Å². The van der Waals surface area contributed by atoms with Gasteiger partial charge in [-0.05, 0) is 6.07 Å². The highest BCUT2D eigenvalue weighted by Crippen LogP contribution is 2.11. The molecule has 1 aromatic heterocycles. The van der Waals surface area contributed by atoms with Gasteiger partial charge in [0.25, 0.3) is 0 Å². The van der Waals surface area contributed by atoms with E-state index in [0.717, 1.165) is 0 Å². The first-order valence-corrected chi connectivity index (χ1v) is 2.62. The number of thiophene rings is 1. The van der Waals surface area contributed by atoms with Crippen LogP contribution in [0.5, 0.6) is 0 Å². The summed E-state index contributed by atoms with van der Waals surface area (Å²) in [6, 6.07) is 4.40. The van der Waals surface area contributed by atoms with Crippen molar-refractivity contribution in [3.05, 3.63) is 21.8 Å².